The van der Waals surface area contributed by atoms with E-state index in [2.05, 4.69) is 10.5 Å². The number of nitrogens with zero attached hydrogens (tertiary/aromatic N) is 1. The van der Waals surface area contributed by atoms with Crippen molar-refractivity contribution in [3.05, 3.63) is 35.4 Å². The molecule has 0 saturated heterocycles. The van der Waals surface area contributed by atoms with E-state index in [1.807, 2.05) is 0 Å². The second kappa shape index (κ2) is 12.8. The number of carbonyl (C=O) groups is 2. The molecular weight excluding hydrogens is 409 g/mol. The lowest BCUT2D eigenvalue weighted by atomic mass is 10.0. The van der Waals surface area contributed by atoms with E-state index in [1.165, 1.54) is 12.1 Å². The molecule has 0 radical (unpaired) electrons. The number of oxime groups is 1. The van der Waals surface area contributed by atoms with Crippen molar-refractivity contribution in [2.75, 3.05) is 26.9 Å². The van der Waals surface area contributed by atoms with Crippen molar-refractivity contribution in [3.63, 3.8) is 0 Å². The van der Waals surface area contributed by atoms with E-state index >= 15 is 0 Å². The quantitative estimate of drug-likeness (QED) is 0.234. The summed E-state index contributed by atoms with van der Waals surface area (Å²) in [5.41, 5.74) is 0.149. The van der Waals surface area contributed by atoms with Gasteiger partial charge in [-0.3, -0.25) is 9.59 Å². The Morgan fingerprint density at radius 1 is 1.13 bits per heavy atom. The highest BCUT2D eigenvalue weighted by Gasteiger charge is 2.30. The Balaban J connectivity index is 2.71. The van der Waals surface area contributed by atoms with E-state index in [-0.39, 0.29) is 13.2 Å². The van der Waals surface area contributed by atoms with Gasteiger partial charge in [-0.2, -0.15) is 13.2 Å². The Morgan fingerprint density at radius 2 is 1.80 bits per heavy atom. The van der Waals surface area contributed by atoms with Crippen LogP contribution >= 0.6 is 0 Å². The molecule has 168 valence electrons. The smallest absolute Gasteiger partial charge is 0.416 e. The molecule has 8 nitrogen and oxygen atoms in total. The van der Waals surface area contributed by atoms with Crippen molar-refractivity contribution >= 4 is 17.7 Å². The molecule has 0 aliphatic rings. The minimum atomic E-state index is -4.44. The molecule has 11 heteroatoms. The number of unbranched alkanes of at least 4 members (excludes halogenated alkanes) is 1. The molecule has 1 unspecified atom stereocenters. The number of ether oxygens (including phenoxy) is 1. The molecule has 0 aliphatic carbocycles. The first kappa shape index (κ1) is 25.4. The SMILES string of the molecule is COCCCCC(=NOCCNC(CC(=O)O)C(=O)O)c1ccc(C(F)(F)F)cc1. The Labute approximate surface area is 171 Å². The number of carboxylic acid groups (broad SMARTS) is 2. The molecule has 1 atom stereocenters. The number of methoxy groups -OCH3 is 1. The maximum absolute atomic E-state index is 12.7. The summed E-state index contributed by atoms with van der Waals surface area (Å²) >= 11 is 0. The van der Waals surface area contributed by atoms with Gasteiger partial charge < -0.3 is 25.1 Å². The molecule has 0 heterocycles. The molecule has 0 spiro atoms. The van der Waals surface area contributed by atoms with Crippen molar-refractivity contribution in [1.29, 1.82) is 0 Å². The summed E-state index contributed by atoms with van der Waals surface area (Å²) in [5.74, 6) is -2.56. The van der Waals surface area contributed by atoms with Crippen molar-refractivity contribution in [2.45, 2.75) is 37.9 Å². The van der Waals surface area contributed by atoms with Gasteiger partial charge in [-0.15, -0.1) is 0 Å². The van der Waals surface area contributed by atoms with E-state index in [0.717, 1.165) is 18.6 Å². The first-order valence-corrected chi connectivity index (χ1v) is 9.18. The second-order valence-corrected chi connectivity index (χ2v) is 6.34. The van der Waals surface area contributed by atoms with Crippen LogP contribution in [0.3, 0.4) is 0 Å². The maximum atomic E-state index is 12.7. The third-order valence-electron chi connectivity index (χ3n) is 3.99. The number of hydrogen-bond acceptors (Lipinski definition) is 6. The average Bonchev–Trinajstić information content (AvgIpc) is 2.67. The van der Waals surface area contributed by atoms with Crippen molar-refractivity contribution in [2.24, 2.45) is 5.16 Å². The standard InChI is InChI=1S/C19H25F3N2O6/c1-29-10-3-2-4-15(13-5-7-14(8-6-13)19(20,21)22)24-30-11-9-23-16(18(27)28)12-17(25)26/h5-8,16,23H,2-4,9-12H2,1H3,(H,25,26)(H,27,28). The van der Waals surface area contributed by atoms with Crippen LogP contribution in [0.15, 0.2) is 29.4 Å². The zero-order chi connectivity index (χ0) is 22.6. The summed E-state index contributed by atoms with van der Waals surface area (Å²) in [4.78, 5) is 26.8. The largest absolute Gasteiger partial charge is 0.481 e. The molecular formula is C19H25F3N2O6. The first-order chi connectivity index (χ1) is 14.1. The van der Waals surface area contributed by atoms with Gasteiger partial charge in [0.1, 0.15) is 12.6 Å². The fourth-order valence-electron chi connectivity index (χ4n) is 2.46. The van der Waals surface area contributed by atoms with E-state index in [1.54, 1.807) is 7.11 Å². The van der Waals surface area contributed by atoms with Gasteiger partial charge in [0, 0.05) is 20.3 Å². The molecule has 30 heavy (non-hydrogen) atoms. The number of benzene rings is 1. The predicted molar refractivity (Wildman–Crippen MR) is 101 cm³/mol. The van der Waals surface area contributed by atoms with Crippen LogP contribution in [0.4, 0.5) is 13.2 Å². The van der Waals surface area contributed by atoms with Crippen molar-refractivity contribution in [1.82, 2.24) is 5.32 Å². The summed E-state index contributed by atoms with van der Waals surface area (Å²) in [6.45, 7) is 0.508. The van der Waals surface area contributed by atoms with E-state index in [0.29, 0.717) is 30.7 Å². The number of nitrogens with one attached hydrogen (secondary N) is 1. The monoisotopic (exact) mass is 434 g/mol. The van der Waals surface area contributed by atoms with Crippen molar-refractivity contribution < 1.29 is 42.5 Å². The summed E-state index contributed by atoms with van der Waals surface area (Å²) in [5, 5.41) is 24.1. The zero-order valence-corrected chi connectivity index (χ0v) is 16.4. The Kier molecular flexibility index (Phi) is 10.8. The van der Waals surface area contributed by atoms with Gasteiger partial charge >= 0.3 is 18.1 Å². The van der Waals surface area contributed by atoms with Crippen molar-refractivity contribution in [3.8, 4) is 0 Å². The lowest BCUT2D eigenvalue weighted by Crippen LogP contribution is -2.40. The Hall–Kier alpha value is -2.66. The van der Waals surface area contributed by atoms with Crippen LogP contribution < -0.4 is 5.32 Å². The lowest BCUT2D eigenvalue weighted by molar-refractivity contribution is -0.146. The normalized spacial score (nSPS) is 13.1. The maximum Gasteiger partial charge on any atom is 0.416 e. The molecule has 0 amide bonds. The zero-order valence-electron chi connectivity index (χ0n) is 16.4. The molecule has 1 rings (SSSR count). The van der Waals surface area contributed by atoms with Crippen LogP contribution in [0.25, 0.3) is 0 Å². The highest BCUT2D eigenvalue weighted by molar-refractivity contribution is 6.00. The molecule has 0 aliphatic heterocycles. The van der Waals surface area contributed by atoms with Crippen LogP contribution in [0.1, 0.15) is 36.8 Å². The summed E-state index contributed by atoms with van der Waals surface area (Å²) in [7, 11) is 1.57. The first-order valence-electron chi connectivity index (χ1n) is 9.18. The molecule has 1 aromatic carbocycles. The third-order valence-corrected chi connectivity index (χ3v) is 3.99. The topological polar surface area (TPSA) is 117 Å². The molecule has 0 aromatic heterocycles. The lowest BCUT2D eigenvalue weighted by Gasteiger charge is -2.12. The van der Waals surface area contributed by atoms with E-state index in [9.17, 15) is 22.8 Å². The highest BCUT2D eigenvalue weighted by Crippen LogP contribution is 2.29. The fourth-order valence-corrected chi connectivity index (χ4v) is 2.46. The molecule has 0 fully saturated rings. The molecule has 1 aromatic rings. The highest BCUT2D eigenvalue weighted by atomic mass is 19.4. The van der Waals surface area contributed by atoms with Gasteiger partial charge in [-0.05, 0) is 37.0 Å². The van der Waals surface area contributed by atoms with Crippen LogP contribution in [-0.4, -0.2) is 60.8 Å². The minimum absolute atomic E-state index is 0.0255. The van der Waals surface area contributed by atoms with Crippen LogP contribution in [0.2, 0.25) is 0 Å². The second-order valence-electron chi connectivity index (χ2n) is 6.34. The molecule has 0 bridgehead atoms. The fraction of sp³-hybridized carbons (Fsp3) is 0.526. The van der Waals surface area contributed by atoms with Crippen LogP contribution in [0.5, 0.6) is 0 Å². The van der Waals surface area contributed by atoms with Gasteiger partial charge in [-0.25, -0.2) is 0 Å². The summed E-state index contributed by atoms with van der Waals surface area (Å²) in [6, 6.07) is 3.29. The van der Waals surface area contributed by atoms with E-state index < -0.39 is 36.1 Å². The number of hydrogen-bond donors (Lipinski definition) is 3. The van der Waals surface area contributed by atoms with Gasteiger partial charge in [-0.1, -0.05) is 17.3 Å². The molecule has 0 saturated carbocycles. The minimum Gasteiger partial charge on any atom is -0.481 e. The molecule has 3 N–H and O–H groups in total. The van der Waals surface area contributed by atoms with Gasteiger partial charge in [0.2, 0.25) is 0 Å². The summed E-state index contributed by atoms with van der Waals surface area (Å²) < 4.78 is 43.2. The number of aliphatic carboxylic acids is 2. The number of alkyl halides is 3. The Bertz CT molecular complexity index is 707. The number of rotatable bonds is 14. The summed E-state index contributed by atoms with van der Waals surface area (Å²) in [6.07, 6.45) is -3.18. The number of halogens is 3. The van der Waals surface area contributed by atoms with Gasteiger partial charge in [0.15, 0.2) is 0 Å². The third kappa shape index (κ3) is 9.70. The van der Waals surface area contributed by atoms with Crippen LogP contribution in [0, 0.1) is 0 Å². The number of carboxylic acids is 2. The van der Waals surface area contributed by atoms with E-state index in [4.69, 9.17) is 19.8 Å². The van der Waals surface area contributed by atoms with Crippen LogP contribution in [-0.2, 0) is 25.3 Å². The van der Waals surface area contributed by atoms with Gasteiger partial charge in [0.05, 0.1) is 17.7 Å². The predicted octanol–water partition coefficient (Wildman–Crippen LogP) is 2.76. The Morgan fingerprint density at radius 3 is 2.33 bits per heavy atom. The van der Waals surface area contributed by atoms with Gasteiger partial charge in [0.25, 0.3) is 0 Å². The average molecular weight is 434 g/mol.